The van der Waals surface area contributed by atoms with Crippen molar-refractivity contribution < 1.29 is 17.9 Å². The maximum Gasteiger partial charge on any atom is 0.421 e. The minimum Gasteiger partial charge on any atom is -0.494 e. The Morgan fingerprint density at radius 1 is 1.00 bits per heavy atom. The Bertz CT molecular complexity index is 897. The molecule has 0 fully saturated rings. The highest BCUT2D eigenvalue weighted by molar-refractivity contribution is 5.66. The lowest BCUT2D eigenvalue weighted by atomic mass is 10.2. The van der Waals surface area contributed by atoms with Crippen molar-refractivity contribution in [2.45, 2.75) is 13.1 Å². The fourth-order valence-corrected chi connectivity index (χ4v) is 2.61. The smallest absolute Gasteiger partial charge is 0.421 e. The predicted octanol–water partition coefficient (Wildman–Crippen LogP) is 5.33. The van der Waals surface area contributed by atoms with E-state index in [1.807, 2.05) is 13.0 Å². The van der Waals surface area contributed by atoms with Gasteiger partial charge >= 0.3 is 6.18 Å². The average Bonchev–Trinajstić information content (AvgIpc) is 2.68. The van der Waals surface area contributed by atoms with Crippen LogP contribution in [0.1, 0.15) is 12.5 Å². The number of rotatable bonds is 5. The van der Waals surface area contributed by atoms with Gasteiger partial charge in [0.25, 0.3) is 0 Å². The highest BCUT2D eigenvalue weighted by atomic mass is 19.4. The Labute approximate surface area is 155 Å². The van der Waals surface area contributed by atoms with Crippen molar-refractivity contribution in [2.24, 2.45) is 0 Å². The van der Waals surface area contributed by atoms with Gasteiger partial charge in [0.05, 0.1) is 6.61 Å². The molecule has 0 amide bonds. The normalized spacial score (nSPS) is 11.3. The van der Waals surface area contributed by atoms with Crippen molar-refractivity contribution in [3.05, 3.63) is 66.4 Å². The summed E-state index contributed by atoms with van der Waals surface area (Å²) in [5, 5.41) is 0. The summed E-state index contributed by atoms with van der Waals surface area (Å²) in [6.07, 6.45) is -3.74. The molecule has 3 aromatic rings. The molecule has 3 rings (SSSR count). The molecular weight excluding hydrogens is 355 g/mol. The fraction of sp³-hybridized carbons (Fsp3) is 0.200. The number of ether oxygens (including phenoxy) is 1. The zero-order valence-electron chi connectivity index (χ0n) is 14.9. The summed E-state index contributed by atoms with van der Waals surface area (Å²) >= 11 is 0. The molecular formula is C20H18F3N3O. The van der Waals surface area contributed by atoms with Gasteiger partial charge in [-0.3, -0.25) is 0 Å². The fourth-order valence-electron chi connectivity index (χ4n) is 2.61. The summed E-state index contributed by atoms with van der Waals surface area (Å²) in [5.74, 6) is 0.676. The number of nitrogens with zero attached hydrogens (tertiary/aromatic N) is 3. The molecule has 2 aromatic carbocycles. The molecule has 1 heterocycles. The summed E-state index contributed by atoms with van der Waals surface area (Å²) < 4.78 is 45.9. The monoisotopic (exact) mass is 373 g/mol. The second-order valence-electron chi connectivity index (χ2n) is 5.78. The summed E-state index contributed by atoms with van der Waals surface area (Å²) in [4.78, 5) is 9.52. The third-order valence-electron chi connectivity index (χ3n) is 3.96. The molecule has 0 aliphatic carbocycles. The largest absolute Gasteiger partial charge is 0.494 e. The van der Waals surface area contributed by atoms with Crippen LogP contribution in [0.25, 0.3) is 11.4 Å². The van der Waals surface area contributed by atoms with Crippen LogP contribution in [0.2, 0.25) is 0 Å². The quantitative estimate of drug-likeness (QED) is 0.606. The van der Waals surface area contributed by atoms with E-state index < -0.39 is 11.7 Å². The maximum absolute atomic E-state index is 13.5. The van der Waals surface area contributed by atoms with Gasteiger partial charge in [-0.05, 0) is 31.2 Å². The number of halogens is 3. The van der Waals surface area contributed by atoms with E-state index in [-0.39, 0.29) is 11.6 Å². The van der Waals surface area contributed by atoms with E-state index in [1.165, 1.54) is 4.90 Å². The molecule has 0 bridgehead atoms. The Balaban J connectivity index is 2.05. The topological polar surface area (TPSA) is 38.2 Å². The summed E-state index contributed by atoms with van der Waals surface area (Å²) in [7, 11) is 1.54. The van der Waals surface area contributed by atoms with E-state index in [9.17, 15) is 13.2 Å². The first-order valence-corrected chi connectivity index (χ1v) is 8.36. The Hall–Kier alpha value is -3.09. The molecule has 0 unspecified atom stereocenters. The lowest BCUT2D eigenvalue weighted by Crippen LogP contribution is -2.19. The molecule has 0 spiro atoms. The van der Waals surface area contributed by atoms with E-state index in [1.54, 1.807) is 55.6 Å². The molecule has 0 aliphatic heterocycles. The van der Waals surface area contributed by atoms with Crippen LogP contribution in [0.4, 0.5) is 24.7 Å². The zero-order chi connectivity index (χ0) is 19.4. The number of hydrogen-bond donors (Lipinski definition) is 0. The lowest BCUT2D eigenvalue weighted by molar-refractivity contribution is -0.137. The van der Waals surface area contributed by atoms with Crippen molar-refractivity contribution >= 4 is 11.5 Å². The molecule has 140 valence electrons. The molecule has 0 saturated carbocycles. The van der Waals surface area contributed by atoms with Gasteiger partial charge in [-0.2, -0.15) is 13.2 Å². The van der Waals surface area contributed by atoms with Crippen LogP contribution in [0.15, 0.2) is 60.8 Å². The summed E-state index contributed by atoms with van der Waals surface area (Å²) in [6, 6.07) is 15.7. The van der Waals surface area contributed by atoms with E-state index >= 15 is 0 Å². The molecule has 1 aromatic heterocycles. The molecule has 4 nitrogen and oxygen atoms in total. The van der Waals surface area contributed by atoms with Gasteiger partial charge in [0.15, 0.2) is 5.82 Å². The van der Waals surface area contributed by atoms with Crippen LogP contribution in [0.5, 0.6) is 5.75 Å². The van der Waals surface area contributed by atoms with Gasteiger partial charge in [-0.25, -0.2) is 9.97 Å². The van der Waals surface area contributed by atoms with Crippen molar-refractivity contribution in [1.29, 1.82) is 0 Å². The van der Waals surface area contributed by atoms with Gasteiger partial charge in [-0.15, -0.1) is 0 Å². The van der Waals surface area contributed by atoms with E-state index in [2.05, 4.69) is 9.97 Å². The molecule has 7 heteroatoms. The predicted molar refractivity (Wildman–Crippen MR) is 98.1 cm³/mol. The van der Waals surface area contributed by atoms with Gasteiger partial charge in [0, 0.05) is 24.5 Å². The highest BCUT2D eigenvalue weighted by Gasteiger charge is 2.36. The number of anilines is 2. The molecule has 27 heavy (non-hydrogen) atoms. The van der Waals surface area contributed by atoms with Crippen LogP contribution in [0.3, 0.4) is 0 Å². The third kappa shape index (κ3) is 4.19. The van der Waals surface area contributed by atoms with Gasteiger partial charge in [0.2, 0.25) is 0 Å². The Morgan fingerprint density at radius 2 is 1.67 bits per heavy atom. The second kappa shape index (κ2) is 7.65. The molecule has 0 atom stereocenters. The van der Waals surface area contributed by atoms with Crippen LogP contribution in [0, 0.1) is 0 Å². The lowest BCUT2D eigenvalue weighted by Gasteiger charge is -2.23. The van der Waals surface area contributed by atoms with E-state index in [0.717, 1.165) is 6.20 Å². The van der Waals surface area contributed by atoms with Crippen LogP contribution < -0.4 is 9.64 Å². The van der Waals surface area contributed by atoms with Gasteiger partial charge < -0.3 is 9.64 Å². The zero-order valence-corrected chi connectivity index (χ0v) is 14.9. The van der Waals surface area contributed by atoms with Crippen molar-refractivity contribution in [2.75, 3.05) is 18.6 Å². The minimum atomic E-state index is -4.57. The van der Waals surface area contributed by atoms with Crippen molar-refractivity contribution in [3.63, 3.8) is 0 Å². The standard InChI is InChI=1S/C20H18F3N3O/c1-3-27-16-11-9-15(10-12-16)26(2)19-17(20(21,22)23)13-24-18(25-19)14-7-5-4-6-8-14/h4-13H,3H2,1-2H3. The Morgan fingerprint density at radius 3 is 2.26 bits per heavy atom. The molecule has 0 saturated heterocycles. The third-order valence-corrected chi connectivity index (χ3v) is 3.96. The first-order valence-electron chi connectivity index (χ1n) is 8.36. The van der Waals surface area contributed by atoms with E-state index in [4.69, 9.17) is 4.74 Å². The SMILES string of the molecule is CCOc1ccc(N(C)c2nc(-c3ccccc3)ncc2C(F)(F)F)cc1. The Kier molecular flexibility index (Phi) is 5.30. The van der Waals surface area contributed by atoms with Gasteiger partial charge in [0.1, 0.15) is 17.1 Å². The van der Waals surface area contributed by atoms with Crippen molar-refractivity contribution in [1.82, 2.24) is 9.97 Å². The van der Waals surface area contributed by atoms with Crippen molar-refractivity contribution in [3.8, 4) is 17.1 Å². The van der Waals surface area contributed by atoms with Crippen LogP contribution in [-0.4, -0.2) is 23.6 Å². The summed E-state index contributed by atoms with van der Waals surface area (Å²) in [5.41, 5.74) is 0.313. The molecule has 0 radical (unpaired) electrons. The highest BCUT2D eigenvalue weighted by Crippen LogP contribution is 2.38. The second-order valence-corrected chi connectivity index (χ2v) is 5.78. The average molecular weight is 373 g/mol. The van der Waals surface area contributed by atoms with Crippen LogP contribution >= 0.6 is 0 Å². The minimum absolute atomic E-state index is 0.208. The number of aromatic nitrogens is 2. The first kappa shape index (κ1) is 18.7. The van der Waals surface area contributed by atoms with E-state index in [0.29, 0.717) is 23.6 Å². The first-order chi connectivity index (χ1) is 12.9. The molecule has 0 N–H and O–H groups in total. The molecule has 0 aliphatic rings. The van der Waals surface area contributed by atoms with Gasteiger partial charge in [-0.1, -0.05) is 30.3 Å². The maximum atomic E-state index is 13.5. The van der Waals surface area contributed by atoms with Crippen LogP contribution in [-0.2, 0) is 6.18 Å². The number of hydrogen-bond acceptors (Lipinski definition) is 4. The number of benzene rings is 2. The summed E-state index contributed by atoms with van der Waals surface area (Å²) in [6.45, 7) is 2.38. The number of alkyl halides is 3.